The van der Waals surface area contributed by atoms with E-state index in [0.29, 0.717) is 5.75 Å². The second kappa shape index (κ2) is 14.1. The van der Waals surface area contributed by atoms with E-state index < -0.39 is 17.7 Å². The van der Waals surface area contributed by atoms with E-state index in [4.69, 9.17) is 0 Å². The molecule has 0 saturated heterocycles. The second-order valence-corrected chi connectivity index (χ2v) is 8.15. The number of hydrogen-bond donors (Lipinski definition) is 0. The zero-order valence-electron chi connectivity index (χ0n) is 16.5. The number of ketones is 1. The van der Waals surface area contributed by atoms with Gasteiger partial charge in [-0.3, -0.25) is 4.79 Å². The van der Waals surface area contributed by atoms with Gasteiger partial charge in [-0.1, -0.05) is 89.0 Å². The summed E-state index contributed by atoms with van der Waals surface area (Å²) in [6.07, 6.45) is 9.56. The summed E-state index contributed by atoms with van der Waals surface area (Å²) in [5, 5.41) is 0. The molecule has 0 aromatic heterocycles. The van der Waals surface area contributed by atoms with Crippen molar-refractivity contribution in [3.05, 3.63) is 35.4 Å². The average molecular weight is 403 g/mol. The van der Waals surface area contributed by atoms with Gasteiger partial charge in [-0.25, -0.2) is 0 Å². The summed E-state index contributed by atoms with van der Waals surface area (Å²) >= 11 is 1.01. The van der Waals surface area contributed by atoms with Crippen LogP contribution in [0.3, 0.4) is 0 Å². The van der Waals surface area contributed by atoms with Crippen LogP contribution in [0.15, 0.2) is 24.3 Å². The molecule has 0 aliphatic carbocycles. The molecule has 1 rings (SSSR count). The number of benzene rings is 1. The van der Waals surface area contributed by atoms with Crippen LogP contribution >= 0.6 is 11.8 Å². The molecule has 27 heavy (non-hydrogen) atoms. The standard InChI is InChI=1S/C22H33F3OS/c1-2-3-4-5-6-7-8-9-10-11-12-19-13-15-20(16-14-19)17-27-18-21(26)22(23,24)25/h13-16H,2-12,17-18H2,1H3. The topological polar surface area (TPSA) is 17.1 Å². The Morgan fingerprint density at radius 3 is 1.81 bits per heavy atom. The van der Waals surface area contributed by atoms with Crippen molar-refractivity contribution >= 4 is 17.5 Å². The molecule has 0 bridgehead atoms. The Balaban J connectivity index is 2.07. The number of carbonyl (C=O) groups excluding carboxylic acids is 1. The molecule has 0 saturated carbocycles. The van der Waals surface area contributed by atoms with Crippen LogP contribution in [0.5, 0.6) is 0 Å². The fraction of sp³-hybridized carbons (Fsp3) is 0.682. The van der Waals surface area contributed by atoms with E-state index in [9.17, 15) is 18.0 Å². The fourth-order valence-electron chi connectivity index (χ4n) is 2.96. The highest BCUT2D eigenvalue weighted by Gasteiger charge is 2.37. The molecule has 1 aromatic rings. The number of aryl methyl sites for hydroxylation is 1. The zero-order chi connectivity index (χ0) is 20.0. The quantitative estimate of drug-likeness (QED) is 0.282. The number of alkyl halides is 3. The van der Waals surface area contributed by atoms with Crippen molar-refractivity contribution in [2.75, 3.05) is 5.75 Å². The first-order chi connectivity index (χ1) is 12.9. The molecular formula is C22H33F3OS. The maximum Gasteiger partial charge on any atom is 0.450 e. The van der Waals surface area contributed by atoms with E-state index in [1.165, 1.54) is 69.8 Å². The normalized spacial score (nSPS) is 11.7. The first-order valence-corrected chi connectivity index (χ1v) is 11.3. The van der Waals surface area contributed by atoms with Crippen LogP contribution in [0.2, 0.25) is 0 Å². The zero-order valence-corrected chi connectivity index (χ0v) is 17.3. The molecule has 0 heterocycles. The van der Waals surface area contributed by atoms with Gasteiger partial charge in [-0.15, -0.1) is 11.8 Å². The Hall–Kier alpha value is -0.970. The van der Waals surface area contributed by atoms with Gasteiger partial charge in [0.25, 0.3) is 0 Å². The van der Waals surface area contributed by atoms with Crippen LogP contribution in [-0.4, -0.2) is 17.7 Å². The summed E-state index contributed by atoms with van der Waals surface area (Å²) in [4.78, 5) is 10.8. The van der Waals surface area contributed by atoms with Crippen LogP contribution < -0.4 is 0 Å². The second-order valence-electron chi connectivity index (χ2n) is 7.16. The van der Waals surface area contributed by atoms with Crippen LogP contribution in [-0.2, 0) is 17.0 Å². The number of hydrogen-bond acceptors (Lipinski definition) is 2. The lowest BCUT2D eigenvalue weighted by atomic mass is 10.0. The average Bonchev–Trinajstić information content (AvgIpc) is 2.63. The number of carbonyl (C=O) groups is 1. The van der Waals surface area contributed by atoms with Gasteiger partial charge in [-0.05, 0) is 24.0 Å². The smallest absolute Gasteiger partial charge is 0.289 e. The SMILES string of the molecule is CCCCCCCCCCCCc1ccc(CSCC(=O)C(F)(F)F)cc1. The lowest BCUT2D eigenvalue weighted by molar-refractivity contribution is -0.167. The van der Waals surface area contributed by atoms with Gasteiger partial charge in [0.05, 0.1) is 5.75 Å². The van der Waals surface area contributed by atoms with Gasteiger partial charge in [-0.2, -0.15) is 13.2 Å². The molecule has 0 aliphatic heterocycles. The maximum atomic E-state index is 12.1. The third kappa shape index (κ3) is 12.2. The minimum Gasteiger partial charge on any atom is -0.289 e. The number of unbranched alkanes of at least 4 members (excludes halogenated alkanes) is 9. The summed E-state index contributed by atoms with van der Waals surface area (Å²) in [5.41, 5.74) is 2.23. The Morgan fingerprint density at radius 2 is 1.30 bits per heavy atom. The molecule has 0 spiro atoms. The van der Waals surface area contributed by atoms with Crippen molar-refractivity contribution in [2.24, 2.45) is 0 Å². The Bertz CT molecular complexity index is 511. The van der Waals surface area contributed by atoms with Crippen molar-refractivity contribution in [1.29, 1.82) is 0 Å². The van der Waals surface area contributed by atoms with Gasteiger partial charge in [0.2, 0.25) is 5.78 Å². The molecule has 5 heteroatoms. The lowest BCUT2D eigenvalue weighted by Crippen LogP contribution is -2.24. The summed E-state index contributed by atoms with van der Waals surface area (Å²) in [6, 6.07) is 8.01. The highest BCUT2D eigenvalue weighted by Crippen LogP contribution is 2.21. The van der Waals surface area contributed by atoms with Crippen LogP contribution in [0.1, 0.15) is 82.3 Å². The summed E-state index contributed by atoms with van der Waals surface area (Å²) in [5.74, 6) is -1.74. The van der Waals surface area contributed by atoms with Crippen molar-refractivity contribution < 1.29 is 18.0 Å². The van der Waals surface area contributed by atoms with Gasteiger partial charge in [0.15, 0.2) is 0 Å². The third-order valence-corrected chi connectivity index (χ3v) is 5.66. The fourth-order valence-corrected chi connectivity index (χ4v) is 3.84. The molecule has 0 radical (unpaired) electrons. The molecule has 0 N–H and O–H groups in total. The van der Waals surface area contributed by atoms with Gasteiger partial charge in [0, 0.05) is 5.75 Å². The molecule has 0 atom stereocenters. The van der Waals surface area contributed by atoms with E-state index in [1.54, 1.807) is 0 Å². The lowest BCUT2D eigenvalue weighted by Gasteiger charge is -2.06. The first-order valence-electron chi connectivity index (χ1n) is 10.2. The number of rotatable bonds is 15. The van der Waals surface area contributed by atoms with Crippen LogP contribution in [0.25, 0.3) is 0 Å². The highest BCUT2D eigenvalue weighted by atomic mass is 32.2. The monoisotopic (exact) mass is 402 g/mol. The summed E-state index contributed by atoms with van der Waals surface area (Å²) < 4.78 is 36.4. The summed E-state index contributed by atoms with van der Waals surface area (Å²) in [7, 11) is 0. The molecular weight excluding hydrogens is 369 g/mol. The molecule has 0 aliphatic rings. The van der Waals surface area contributed by atoms with E-state index in [-0.39, 0.29) is 0 Å². The largest absolute Gasteiger partial charge is 0.450 e. The summed E-state index contributed by atoms with van der Waals surface area (Å²) in [6.45, 7) is 2.24. The molecule has 1 aromatic carbocycles. The number of halogens is 3. The van der Waals surface area contributed by atoms with E-state index >= 15 is 0 Å². The van der Waals surface area contributed by atoms with Crippen molar-refractivity contribution in [3.8, 4) is 0 Å². The van der Waals surface area contributed by atoms with Crippen molar-refractivity contribution in [1.82, 2.24) is 0 Å². The minimum atomic E-state index is -4.72. The molecule has 0 amide bonds. The van der Waals surface area contributed by atoms with Crippen molar-refractivity contribution in [3.63, 3.8) is 0 Å². The maximum absolute atomic E-state index is 12.1. The number of thioether (sulfide) groups is 1. The first kappa shape index (κ1) is 24.1. The third-order valence-electron chi connectivity index (χ3n) is 4.66. The van der Waals surface area contributed by atoms with Gasteiger partial charge < -0.3 is 0 Å². The van der Waals surface area contributed by atoms with E-state index in [0.717, 1.165) is 23.7 Å². The van der Waals surface area contributed by atoms with E-state index in [1.807, 2.05) is 12.1 Å². The highest BCUT2D eigenvalue weighted by molar-refractivity contribution is 7.99. The Morgan fingerprint density at radius 1 is 0.815 bits per heavy atom. The Labute approximate surface area is 166 Å². The van der Waals surface area contributed by atoms with Crippen LogP contribution in [0, 0.1) is 0 Å². The van der Waals surface area contributed by atoms with Gasteiger partial charge >= 0.3 is 6.18 Å². The van der Waals surface area contributed by atoms with Crippen LogP contribution in [0.4, 0.5) is 13.2 Å². The molecule has 0 unspecified atom stereocenters. The molecule has 0 fully saturated rings. The van der Waals surface area contributed by atoms with Gasteiger partial charge in [0.1, 0.15) is 0 Å². The predicted molar refractivity (Wildman–Crippen MR) is 109 cm³/mol. The predicted octanol–water partition coefficient (Wildman–Crippen LogP) is 7.51. The minimum absolute atomic E-state index is 0.431. The molecule has 154 valence electrons. The Kier molecular flexibility index (Phi) is 12.6. The van der Waals surface area contributed by atoms with Crippen molar-refractivity contribution in [2.45, 2.75) is 89.5 Å². The number of Topliss-reactive ketones (excluding diaryl/α,β-unsaturated/α-hetero) is 1. The van der Waals surface area contributed by atoms with E-state index in [2.05, 4.69) is 19.1 Å². The molecule has 1 nitrogen and oxygen atoms in total.